The lowest BCUT2D eigenvalue weighted by atomic mass is 9.47. The fourth-order valence-electron chi connectivity index (χ4n) is 7.15. The second-order valence-electron chi connectivity index (χ2n) is 11.8. The van der Waals surface area contributed by atoms with Crippen LogP contribution in [0.5, 0.6) is 0 Å². The van der Waals surface area contributed by atoms with Gasteiger partial charge in [-0.25, -0.2) is 9.59 Å². The van der Waals surface area contributed by atoms with Crippen molar-refractivity contribution >= 4 is 18.0 Å². The van der Waals surface area contributed by atoms with E-state index in [2.05, 4.69) is 0 Å². The minimum atomic E-state index is -1.53. The lowest BCUT2D eigenvalue weighted by Gasteiger charge is -2.63. The fourth-order valence-corrected chi connectivity index (χ4v) is 7.15. The Balaban J connectivity index is 1.54. The molecular weight excluding hydrogens is 484 g/mol. The molecule has 2 aromatic rings. The number of rotatable bonds is 5. The predicted molar refractivity (Wildman–Crippen MR) is 141 cm³/mol. The van der Waals surface area contributed by atoms with Crippen LogP contribution in [0.2, 0.25) is 0 Å². The van der Waals surface area contributed by atoms with E-state index in [9.17, 15) is 19.8 Å². The molecule has 1 aliphatic heterocycles. The van der Waals surface area contributed by atoms with Crippen LogP contribution in [0.25, 0.3) is 6.08 Å². The van der Waals surface area contributed by atoms with E-state index in [1.807, 2.05) is 57.2 Å². The van der Waals surface area contributed by atoms with Gasteiger partial charge < -0.3 is 24.4 Å². The van der Waals surface area contributed by atoms with Gasteiger partial charge in [0.2, 0.25) is 0 Å². The van der Waals surface area contributed by atoms with Crippen molar-refractivity contribution in [3.05, 3.63) is 77.9 Å². The number of esters is 2. The molecule has 1 heterocycles. The van der Waals surface area contributed by atoms with Crippen molar-refractivity contribution < 1.29 is 34.0 Å². The highest BCUT2D eigenvalue weighted by Crippen LogP contribution is 2.67. The summed E-state index contributed by atoms with van der Waals surface area (Å²) < 4.78 is 18.8. The molecule has 0 amide bonds. The largest absolute Gasteiger partial charge is 0.458 e. The highest BCUT2D eigenvalue weighted by atomic mass is 16.6. The predicted octanol–water partition coefficient (Wildman–Crippen LogP) is 4.32. The summed E-state index contributed by atoms with van der Waals surface area (Å²) in [6.45, 7) is 7.22. The van der Waals surface area contributed by atoms with E-state index in [-0.39, 0.29) is 6.42 Å². The average Bonchev–Trinajstić information content (AvgIpc) is 3.05. The smallest absolute Gasteiger partial charge is 0.338 e. The maximum absolute atomic E-state index is 13.2. The molecule has 3 aliphatic rings. The van der Waals surface area contributed by atoms with Gasteiger partial charge in [0.05, 0.1) is 28.3 Å². The van der Waals surface area contributed by atoms with E-state index >= 15 is 0 Å². The number of hydrogen-bond acceptors (Lipinski definition) is 7. The first-order valence-corrected chi connectivity index (χ1v) is 13.2. The minimum Gasteiger partial charge on any atom is -0.458 e. The number of fused-ring (bicyclic) bond motifs is 1. The summed E-state index contributed by atoms with van der Waals surface area (Å²) in [4.78, 5) is 26.3. The molecule has 7 nitrogen and oxygen atoms in total. The van der Waals surface area contributed by atoms with E-state index in [0.717, 1.165) is 5.56 Å². The summed E-state index contributed by atoms with van der Waals surface area (Å²) in [5.74, 6) is -1.47. The number of benzene rings is 2. The Morgan fingerprint density at radius 1 is 0.947 bits per heavy atom. The van der Waals surface area contributed by atoms with Crippen molar-refractivity contribution in [1.29, 1.82) is 0 Å². The summed E-state index contributed by atoms with van der Waals surface area (Å²) in [5, 5.41) is 23.5. The zero-order chi connectivity index (χ0) is 27.3. The van der Waals surface area contributed by atoms with Crippen LogP contribution >= 0.6 is 0 Å². The summed E-state index contributed by atoms with van der Waals surface area (Å²) in [6, 6.07) is 18.1. The third kappa shape index (κ3) is 3.99. The van der Waals surface area contributed by atoms with Gasteiger partial charge in [-0.2, -0.15) is 0 Å². The number of aliphatic hydroxyl groups is 2. The van der Waals surface area contributed by atoms with Crippen LogP contribution < -0.4 is 0 Å². The SMILES string of the molecule is CC1(C)O[C@]23[C@H](O)C1C[C@H](OC(=O)/C=C/c1ccccc1)[C@]2(C)[C@@H](OC(=O)c1ccccc1)CC[C@]3(C)O. The Morgan fingerprint density at radius 2 is 1.58 bits per heavy atom. The average molecular weight is 521 g/mol. The van der Waals surface area contributed by atoms with Gasteiger partial charge >= 0.3 is 11.9 Å². The van der Waals surface area contributed by atoms with Crippen molar-refractivity contribution in [2.75, 3.05) is 0 Å². The summed E-state index contributed by atoms with van der Waals surface area (Å²) in [6.07, 6.45) is 1.29. The number of carbonyl (C=O) groups excluding carboxylic acids is 2. The third-order valence-corrected chi connectivity index (χ3v) is 9.14. The highest BCUT2D eigenvalue weighted by molar-refractivity contribution is 5.89. The Labute approximate surface area is 223 Å². The number of hydrogen-bond donors (Lipinski definition) is 2. The zero-order valence-electron chi connectivity index (χ0n) is 22.3. The summed E-state index contributed by atoms with van der Waals surface area (Å²) in [7, 11) is 0. The van der Waals surface area contributed by atoms with E-state index in [0.29, 0.717) is 18.4 Å². The second kappa shape index (κ2) is 9.33. The Bertz CT molecular complexity index is 1220. The van der Waals surface area contributed by atoms with E-state index in [4.69, 9.17) is 14.2 Å². The standard InChI is InChI=1S/C31H36O7/c1-28(2)22-19-24(36-25(32)16-15-20-11-7-5-8-12-20)30(4)23(37-27(34)21-13-9-6-10-14-21)17-18-29(3,35)31(30,38-28)26(22)33/h5-16,22-24,26,33,35H,17-19H2,1-4H3/b16-15+/t22?,23-,24-,26+,29-,30-,31-/m0/s1. The molecule has 2 aliphatic carbocycles. The monoisotopic (exact) mass is 520 g/mol. The number of ether oxygens (including phenoxy) is 3. The molecule has 1 spiro atoms. The van der Waals surface area contributed by atoms with Gasteiger partial charge in [-0.05, 0) is 70.7 Å². The number of carbonyl (C=O) groups is 2. The highest BCUT2D eigenvalue weighted by Gasteiger charge is 2.81. The molecule has 2 saturated carbocycles. The molecule has 7 heteroatoms. The molecule has 0 aromatic heterocycles. The number of aliphatic hydroxyl groups excluding tert-OH is 1. The fraction of sp³-hybridized carbons (Fsp3) is 0.484. The maximum atomic E-state index is 13.2. The van der Waals surface area contributed by atoms with Gasteiger partial charge in [0.15, 0.2) is 0 Å². The minimum absolute atomic E-state index is 0.240. The van der Waals surface area contributed by atoms with E-state index in [1.54, 1.807) is 37.3 Å². The Kier molecular flexibility index (Phi) is 6.53. The van der Waals surface area contributed by atoms with Crippen LogP contribution in [0.1, 0.15) is 62.9 Å². The van der Waals surface area contributed by atoms with Crippen molar-refractivity contribution in [2.24, 2.45) is 11.3 Å². The first-order valence-electron chi connectivity index (χ1n) is 13.2. The Hall–Kier alpha value is -3.00. The van der Waals surface area contributed by atoms with Crippen molar-refractivity contribution in [3.63, 3.8) is 0 Å². The third-order valence-electron chi connectivity index (χ3n) is 9.14. The van der Waals surface area contributed by atoms with Gasteiger partial charge in [-0.1, -0.05) is 48.5 Å². The topological polar surface area (TPSA) is 102 Å². The van der Waals surface area contributed by atoms with Crippen molar-refractivity contribution in [3.8, 4) is 0 Å². The van der Waals surface area contributed by atoms with Gasteiger partial charge in [-0.15, -0.1) is 0 Å². The van der Waals surface area contributed by atoms with Gasteiger partial charge in [0, 0.05) is 12.0 Å². The Morgan fingerprint density at radius 3 is 2.24 bits per heavy atom. The van der Waals surface area contributed by atoms with Crippen LogP contribution in [0.15, 0.2) is 66.7 Å². The molecule has 5 rings (SSSR count). The van der Waals surface area contributed by atoms with Gasteiger partial charge in [0.25, 0.3) is 0 Å². The maximum Gasteiger partial charge on any atom is 0.338 e. The van der Waals surface area contributed by atoms with Crippen molar-refractivity contribution in [2.45, 2.75) is 82.1 Å². The van der Waals surface area contributed by atoms with Crippen LogP contribution in [-0.2, 0) is 19.0 Å². The van der Waals surface area contributed by atoms with Crippen LogP contribution in [0, 0.1) is 11.3 Å². The molecule has 7 atom stereocenters. The summed E-state index contributed by atoms with van der Waals surface area (Å²) in [5.41, 5.74) is -3.79. The van der Waals surface area contributed by atoms with Crippen LogP contribution in [-0.4, -0.2) is 57.3 Å². The van der Waals surface area contributed by atoms with E-state index in [1.165, 1.54) is 6.08 Å². The molecule has 2 N–H and O–H groups in total. The van der Waals surface area contributed by atoms with E-state index < -0.39 is 58.4 Å². The summed E-state index contributed by atoms with van der Waals surface area (Å²) >= 11 is 0. The normalized spacial score (nSPS) is 37.4. The zero-order valence-corrected chi connectivity index (χ0v) is 22.3. The van der Waals surface area contributed by atoms with Gasteiger partial charge in [-0.3, -0.25) is 0 Å². The molecule has 2 aromatic carbocycles. The van der Waals surface area contributed by atoms with Crippen LogP contribution in [0.3, 0.4) is 0 Å². The molecule has 1 unspecified atom stereocenters. The lowest BCUT2D eigenvalue weighted by Crippen LogP contribution is -2.78. The van der Waals surface area contributed by atoms with Crippen molar-refractivity contribution in [1.82, 2.24) is 0 Å². The molecule has 1 saturated heterocycles. The molecular formula is C31H36O7. The second-order valence-corrected chi connectivity index (χ2v) is 11.8. The molecule has 2 bridgehead atoms. The van der Waals surface area contributed by atoms with Crippen LogP contribution in [0.4, 0.5) is 0 Å². The lowest BCUT2D eigenvalue weighted by molar-refractivity contribution is -0.326. The molecule has 38 heavy (non-hydrogen) atoms. The quantitative estimate of drug-likeness (QED) is 0.447. The molecule has 3 fully saturated rings. The first-order chi connectivity index (χ1) is 17.9. The van der Waals surface area contributed by atoms with Gasteiger partial charge in [0.1, 0.15) is 17.8 Å². The molecule has 0 radical (unpaired) electrons. The molecule has 202 valence electrons. The first kappa shape index (κ1) is 26.6.